The Labute approximate surface area is 111 Å². The molecular weight excluding hydrogens is 226 g/mol. The van der Waals surface area contributed by atoms with Gasteiger partial charge in [0.2, 0.25) is 5.91 Å². The van der Waals surface area contributed by atoms with Gasteiger partial charge in [0.1, 0.15) is 0 Å². The molecular formula is C14H29N3O. The summed E-state index contributed by atoms with van der Waals surface area (Å²) >= 11 is 0. The van der Waals surface area contributed by atoms with E-state index in [2.05, 4.69) is 19.0 Å². The van der Waals surface area contributed by atoms with Crippen molar-refractivity contribution in [2.24, 2.45) is 11.1 Å². The second-order valence-corrected chi connectivity index (χ2v) is 6.83. The third-order valence-electron chi connectivity index (χ3n) is 4.63. The molecule has 0 saturated carbocycles. The van der Waals surface area contributed by atoms with E-state index in [9.17, 15) is 4.79 Å². The molecule has 0 bridgehead atoms. The second kappa shape index (κ2) is 5.17. The fourth-order valence-electron chi connectivity index (χ4n) is 2.26. The van der Waals surface area contributed by atoms with Crippen molar-refractivity contribution >= 4 is 5.91 Å². The third-order valence-corrected chi connectivity index (χ3v) is 4.63. The van der Waals surface area contributed by atoms with Crippen LogP contribution in [0.3, 0.4) is 0 Å². The number of rotatable bonds is 3. The minimum atomic E-state index is -0.516. The number of amides is 1. The normalized spacial score (nSPS) is 19.4. The van der Waals surface area contributed by atoms with E-state index < -0.39 is 11.0 Å². The van der Waals surface area contributed by atoms with Crippen molar-refractivity contribution in [2.75, 3.05) is 27.2 Å². The number of carbonyl (C=O) groups excluding carboxylic acids is 1. The van der Waals surface area contributed by atoms with Gasteiger partial charge < -0.3 is 15.5 Å². The highest BCUT2D eigenvalue weighted by atomic mass is 16.2. The van der Waals surface area contributed by atoms with Crippen molar-refractivity contribution in [3.05, 3.63) is 0 Å². The quantitative estimate of drug-likeness (QED) is 0.827. The highest BCUT2D eigenvalue weighted by Gasteiger charge is 2.43. The lowest BCUT2D eigenvalue weighted by Crippen LogP contribution is -2.58. The molecule has 1 fully saturated rings. The Kier molecular flexibility index (Phi) is 4.44. The predicted octanol–water partition coefficient (Wildman–Crippen LogP) is 1.30. The molecule has 0 spiro atoms. The van der Waals surface area contributed by atoms with Gasteiger partial charge in [-0.15, -0.1) is 0 Å². The fourth-order valence-corrected chi connectivity index (χ4v) is 2.26. The fraction of sp³-hybridized carbons (Fsp3) is 0.929. The largest absolute Gasteiger partial charge is 0.342 e. The molecule has 1 saturated heterocycles. The zero-order chi connectivity index (χ0) is 14.1. The van der Waals surface area contributed by atoms with Gasteiger partial charge in [0, 0.05) is 24.7 Å². The Morgan fingerprint density at radius 3 is 1.94 bits per heavy atom. The molecule has 1 heterocycles. The number of nitrogens with zero attached hydrogens (tertiary/aromatic N) is 2. The maximum Gasteiger partial charge on any atom is 0.230 e. The van der Waals surface area contributed by atoms with E-state index in [1.807, 2.05) is 32.6 Å². The molecule has 1 aliphatic rings. The van der Waals surface area contributed by atoms with E-state index in [1.54, 1.807) is 0 Å². The maximum absolute atomic E-state index is 12.6. The summed E-state index contributed by atoms with van der Waals surface area (Å²) in [7, 11) is 4.21. The average molecular weight is 255 g/mol. The molecule has 1 aliphatic heterocycles. The van der Waals surface area contributed by atoms with Crippen molar-refractivity contribution in [2.45, 2.75) is 52.1 Å². The van der Waals surface area contributed by atoms with Gasteiger partial charge in [-0.25, -0.2) is 0 Å². The third kappa shape index (κ3) is 3.04. The van der Waals surface area contributed by atoms with Gasteiger partial charge in [0.25, 0.3) is 0 Å². The standard InChI is InChI=1S/C14H29N3O/c1-13(2,14(3,4)15)12(18)17-9-7-11(8-10-17)16(5)6/h11H,7-10,15H2,1-6H3. The Bertz CT molecular complexity index is 297. The molecule has 0 atom stereocenters. The van der Waals surface area contributed by atoms with Gasteiger partial charge in [-0.05, 0) is 54.6 Å². The van der Waals surface area contributed by atoms with Crippen molar-refractivity contribution in [1.82, 2.24) is 9.80 Å². The number of piperidine rings is 1. The molecule has 1 amide bonds. The van der Waals surface area contributed by atoms with Crippen molar-refractivity contribution in [3.63, 3.8) is 0 Å². The molecule has 0 unspecified atom stereocenters. The first kappa shape index (κ1) is 15.4. The van der Waals surface area contributed by atoms with Gasteiger partial charge in [-0.3, -0.25) is 4.79 Å². The summed E-state index contributed by atoms with van der Waals surface area (Å²) in [5.41, 5.74) is 5.13. The van der Waals surface area contributed by atoms with Gasteiger partial charge in [0.15, 0.2) is 0 Å². The SMILES string of the molecule is CN(C)C1CCN(C(=O)C(C)(C)C(C)(C)N)CC1. The lowest BCUT2D eigenvalue weighted by Gasteiger charge is -2.43. The monoisotopic (exact) mass is 255 g/mol. The van der Waals surface area contributed by atoms with Crippen LogP contribution in [0, 0.1) is 5.41 Å². The highest BCUT2D eigenvalue weighted by Crippen LogP contribution is 2.31. The van der Waals surface area contributed by atoms with Crippen LogP contribution in [-0.2, 0) is 4.79 Å². The van der Waals surface area contributed by atoms with Gasteiger partial charge in [0.05, 0.1) is 5.41 Å². The van der Waals surface area contributed by atoms with E-state index in [0.717, 1.165) is 25.9 Å². The van der Waals surface area contributed by atoms with Crippen LogP contribution >= 0.6 is 0 Å². The van der Waals surface area contributed by atoms with Crippen LogP contribution < -0.4 is 5.73 Å². The number of hydrogen-bond donors (Lipinski definition) is 1. The summed E-state index contributed by atoms with van der Waals surface area (Å²) in [5, 5.41) is 0. The van der Waals surface area contributed by atoms with Crippen molar-refractivity contribution in [1.29, 1.82) is 0 Å². The van der Waals surface area contributed by atoms with Gasteiger partial charge >= 0.3 is 0 Å². The molecule has 0 radical (unpaired) electrons. The molecule has 4 heteroatoms. The van der Waals surface area contributed by atoms with Crippen LogP contribution in [0.5, 0.6) is 0 Å². The van der Waals surface area contributed by atoms with Crippen LogP contribution in [0.1, 0.15) is 40.5 Å². The van der Waals surface area contributed by atoms with Gasteiger partial charge in [-0.2, -0.15) is 0 Å². The summed E-state index contributed by atoms with van der Waals surface area (Å²) in [4.78, 5) is 16.8. The number of hydrogen-bond acceptors (Lipinski definition) is 3. The summed E-state index contributed by atoms with van der Waals surface area (Å²) in [6, 6.07) is 0.600. The molecule has 0 aromatic carbocycles. The number of carbonyl (C=O) groups is 1. The summed E-state index contributed by atoms with van der Waals surface area (Å²) in [6.07, 6.45) is 2.11. The maximum atomic E-state index is 12.6. The van der Waals surface area contributed by atoms with Crippen LogP contribution in [0.2, 0.25) is 0 Å². The molecule has 2 N–H and O–H groups in total. The van der Waals surface area contributed by atoms with Crippen LogP contribution in [-0.4, -0.2) is 54.5 Å². The van der Waals surface area contributed by atoms with Crippen LogP contribution in [0.4, 0.5) is 0 Å². The first-order chi connectivity index (χ1) is 8.07. The molecule has 18 heavy (non-hydrogen) atoms. The summed E-state index contributed by atoms with van der Waals surface area (Å²) < 4.78 is 0. The van der Waals surface area contributed by atoms with E-state index >= 15 is 0 Å². The second-order valence-electron chi connectivity index (χ2n) is 6.83. The zero-order valence-corrected chi connectivity index (χ0v) is 12.8. The highest BCUT2D eigenvalue weighted by molar-refractivity contribution is 5.83. The lowest BCUT2D eigenvalue weighted by atomic mass is 9.74. The summed E-state index contributed by atoms with van der Waals surface area (Å²) in [5.74, 6) is 0.187. The van der Waals surface area contributed by atoms with Crippen LogP contribution in [0.25, 0.3) is 0 Å². The Morgan fingerprint density at radius 1 is 1.17 bits per heavy atom. The summed E-state index contributed by atoms with van der Waals surface area (Å²) in [6.45, 7) is 9.46. The minimum Gasteiger partial charge on any atom is -0.342 e. The zero-order valence-electron chi connectivity index (χ0n) is 12.8. The first-order valence-electron chi connectivity index (χ1n) is 6.82. The van der Waals surface area contributed by atoms with Gasteiger partial charge in [-0.1, -0.05) is 0 Å². The first-order valence-corrected chi connectivity index (χ1v) is 6.82. The molecule has 0 aromatic heterocycles. The Morgan fingerprint density at radius 2 is 1.61 bits per heavy atom. The van der Waals surface area contributed by atoms with E-state index in [-0.39, 0.29) is 5.91 Å². The average Bonchev–Trinajstić information content (AvgIpc) is 2.26. The molecule has 106 valence electrons. The van der Waals surface area contributed by atoms with E-state index in [1.165, 1.54) is 0 Å². The van der Waals surface area contributed by atoms with Crippen LogP contribution in [0.15, 0.2) is 0 Å². The molecule has 4 nitrogen and oxygen atoms in total. The lowest BCUT2D eigenvalue weighted by molar-refractivity contribution is -0.145. The number of likely N-dealkylation sites (tertiary alicyclic amines) is 1. The molecule has 1 rings (SSSR count). The smallest absolute Gasteiger partial charge is 0.230 e. The topological polar surface area (TPSA) is 49.6 Å². The minimum absolute atomic E-state index is 0.187. The van der Waals surface area contributed by atoms with Crippen molar-refractivity contribution in [3.8, 4) is 0 Å². The number of nitrogens with two attached hydrogens (primary N) is 1. The predicted molar refractivity (Wildman–Crippen MR) is 75.3 cm³/mol. The molecule has 0 aromatic rings. The van der Waals surface area contributed by atoms with E-state index in [0.29, 0.717) is 6.04 Å². The van der Waals surface area contributed by atoms with E-state index in [4.69, 9.17) is 5.73 Å². The van der Waals surface area contributed by atoms with Crippen molar-refractivity contribution < 1.29 is 4.79 Å². The molecule has 0 aliphatic carbocycles. The Balaban J connectivity index is 2.66. The Hall–Kier alpha value is -0.610.